The van der Waals surface area contributed by atoms with Crippen LogP contribution in [0.1, 0.15) is 17.3 Å². The lowest BCUT2D eigenvalue weighted by molar-refractivity contribution is 0.783. The number of hydrogen-bond donors (Lipinski definition) is 1. The molecule has 0 fully saturated rings. The lowest BCUT2D eigenvalue weighted by Gasteiger charge is -1.94. The Kier molecular flexibility index (Phi) is 3.16. The predicted octanol–water partition coefficient (Wildman–Crippen LogP) is 4.35. The van der Waals surface area contributed by atoms with E-state index in [-0.39, 0.29) is 0 Å². The summed E-state index contributed by atoms with van der Waals surface area (Å²) in [5, 5.41) is 1.22. The third-order valence-corrected chi connectivity index (χ3v) is 4.68. The lowest BCUT2D eigenvalue weighted by Crippen LogP contribution is -1.91. The van der Waals surface area contributed by atoms with E-state index >= 15 is 0 Å². The molecule has 0 spiro atoms. The summed E-state index contributed by atoms with van der Waals surface area (Å²) in [7, 11) is 0. The Balaban J connectivity index is 1.44. The number of H-pyrrole nitrogens is 1. The maximum atomic E-state index is 4.67. The Labute approximate surface area is 126 Å². The van der Waals surface area contributed by atoms with E-state index in [4.69, 9.17) is 0 Å². The maximum Gasteiger partial charge on any atom is 0.107 e. The largest absolute Gasteiger partial charge is 0.342 e. The average Bonchev–Trinajstić information content (AvgIpc) is 3.09. The molecule has 4 aromatic rings. The quantitative estimate of drug-likeness (QED) is 0.608. The smallest absolute Gasteiger partial charge is 0.107 e. The molecule has 104 valence electrons. The minimum Gasteiger partial charge on any atom is -0.342 e. The van der Waals surface area contributed by atoms with Gasteiger partial charge in [-0.15, -0.1) is 11.3 Å². The highest BCUT2D eigenvalue weighted by Gasteiger charge is 2.05. The minimum atomic E-state index is 0.963. The molecule has 4 heteroatoms. The predicted molar refractivity (Wildman–Crippen MR) is 87.7 cm³/mol. The first-order chi connectivity index (χ1) is 10.4. The summed E-state index contributed by atoms with van der Waals surface area (Å²) in [5.41, 5.74) is 3.28. The molecule has 21 heavy (non-hydrogen) atoms. The zero-order valence-corrected chi connectivity index (χ0v) is 12.4. The molecule has 0 aliphatic rings. The van der Waals surface area contributed by atoms with Crippen LogP contribution in [0.3, 0.4) is 0 Å². The second-order valence-electron chi connectivity index (χ2n) is 5.13. The van der Waals surface area contributed by atoms with E-state index in [0.717, 1.165) is 41.6 Å². The van der Waals surface area contributed by atoms with E-state index in [9.17, 15) is 0 Å². The zero-order valence-electron chi connectivity index (χ0n) is 11.5. The van der Waals surface area contributed by atoms with Gasteiger partial charge in [0.2, 0.25) is 0 Å². The molecule has 0 unspecified atom stereocenters. The molecule has 0 saturated carbocycles. The number of imidazole rings is 1. The van der Waals surface area contributed by atoms with E-state index in [0.29, 0.717) is 0 Å². The number of nitrogens with one attached hydrogen (secondary N) is 1. The molecule has 4 rings (SSSR count). The first-order valence-electron chi connectivity index (χ1n) is 7.16. The first kappa shape index (κ1) is 12.5. The van der Waals surface area contributed by atoms with Gasteiger partial charge in [-0.25, -0.2) is 9.97 Å². The van der Waals surface area contributed by atoms with Gasteiger partial charge in [-0.2, -0.15) is 0 Å². The van der Waals surface area contributed by atoms with Gasteiger partial charge >= 0.3 is 0 Å². The van der Waals surface area contributed by atoms with Crippen molar-refractivity contribution in [3.8, 4) is 0 Å². The second-order valence-corrected chi connectivity index (χ2v) is 6.24. The van der Waals surface area contributed by atoms with Crippen LogP contribution in [0.5, 0.6) is 0 Å². The zero-order chi connectivity index (χ0) is 14.1. The monoisotopic (exact) mass is 293 g/mol. The third-order valence-electron chi connectivity index (χ3n) is 3.58. The van der Waals surface area contributed by atoms with Crippen LogP contribution in [0.4, 0.5) is 0 Å². The highest BCUT2D eigenvalue weighted by Crippen LogP contribution is 2.22. The van der Waals surface area contributed by atoms with Gasteiger partial charge in [0.25, 0.3) is 0 Å². The summed E-state index contributed by atoms with van der Waals surface area (Å²) in [4.78, 5) is 12.7. The Morgan fingerprint density at radius 1 is 0.857 bits per heavy atom. The number of rotatable bonds is 4. The molecule has 2 aromatic heterocycles. The van der Waals surface area contributed by atoms with Crippen molar-refractivity contribution in [3.63, 3.8) is 0 Å². The summed E-state index contributed by atoms with van der Waals surface area (Å²) < 4.78 is 1.27. The Bertz CT molecular complexity index is 751. The fraction of sp³-hybridized carbons (Fsp3) is 0.176. The number of aryl methyl sites for hydroxylation is 2. The van der Waals surface area contributed by atoms with Crippen LogP contribution < -0.4 is 0 Å². The van der Waals surface area contributed by atoms with Gasteiger partial charge in [-0.05, 0) is 37.1 Å². The van der Waals surface area contributed by atoms with Crippen LogP contribution in [-0.4, -0.2) is 15.0 Å². The molecule has 0 atom stereocenters. The molecule has 0 bridgehead atoms. The second kappa shape index (κ2) is 5.30. The number of hydrogen-bond acceptors (Lipinski definition) is 3. The van der Waals surface area contributed by atoms with Crippen LogP contribution in [0.25, 0.3) is 21.3 Å². The van der Waals surface area contributed by atoms with Crippen molar-refractivity contribution in [2.45, 2.75) is 19.3 Å². The fourth-order valence-corrected chi connectivity index (χ4v) is 3.57. The van der Waals surface area contributed by atoms with Gasteiger partial charge in [-0.1, -0.05) is 24.3 Å². The minimum absolute atomic E-state index is 0.963. The summed E-state index contributed by atoms with van der Waals surface area (Å²) in [6, 6.07) is 16.5. The molecular formula is C17H15N3S. The highest BCUT2D eigenvalue weighted by molar-refractivity contribution is 7.18. The molecular weight excluding hydrogens is 278 g/mol. The number of fused-ring (bicyclic) bond motifs is 2. The van der Waals surface area contributed by atoms with E-state index in [1.807, 2.05) is 24.3 Å². The maximum absolute atomic E-state index is 4.67. The van der Waals surface area contributed by atoms with E-state index in [1.165, 1.54) is 9.71 Å². The number of benzene rings is 2. The van der Waals surface area contributed by atoms with Crippen molar-refractivity contribution >= 4 is 32.6 Å². The van der Waals surface area contributed by atoms with Crippen LogP contribution in [0.2, 0.25) is 0 Å². The van der Waals surface area contributed by atoms with E-state index in [1.54, 1.807) is 11.3 Å². The Hall–Kier alpha value is -2.20. The summed E-state index contributed by atoms with van der Waals surface area (Å²) in [5.74, 6) is 1.07. The molecule has 0 amide bonds. The van der Waals surface area contributed by atoms with Crippen LogP contribution >= 0.6 is 11.3 Å². The lowest BCUT2D eigenvalue weighted by atomic mass is 10.2. The van der Waals surface area contributed by atoms with Gasteiger partial charge in [0, 0.05) is 6.42 Å². The van der Waals surface area contributed by atoms with Crippen molar-refractivity contribution < 1.29 is 0 Å². The van der Waals surface area contributed by atoms with E-state index in [2.05, 4.69) is 39.2 Å². The first-order valence-corrected chi connectivity index (χ1v) is 7.98. The highest BCUT2D eigenvalue weighted by atomic mass is 32.1. The average molecular weight is 293 g/mol. The molecule has 0 aliphatic carbocycles. The van der Waals surface area contributed by atoms with Crippen LogP contribution in [-0.2, 0) is 12.8 Å². The van der Waals surface area contributed by atoms with Crippen molar-refractivity contribution in [1.29, 1.82) is 0 Å². The Morgan fingerprint density at radius 3 is 2.52 bits per heavy atom. The number of thiazole rings is 1. The molecule has 3 nitrogen and oxygen atoms in total. The number of aromatic amines is 1. The van der Waals surface area contributed by atoms with Crippen LogP contribution in [0.15, 0.2) is 48.5 Å². The SMILES string of the molecule is c1ccc2[nH]c(CCCc3nc4ccccc4s3)nc2c1. The van der Waals surface area contributed by atoms with Gasteiger partial charge in [0.05, 0.1) is 26.3 Å². The summed E-state index contributed by atoms with van der Waals surface area (Å²) >= 11 is 1.80. The van der Waals surface area contributed by atoms with Crippen LogP contribution in [0, 0.1) is 0 Å². The van der Waals surface area contributed by atoms with E-state index < -0.39 is 0 Å². The molecule has 2 aromatic carbocycles. The molecule has 0 radical (unpaired) electrons. The number of aromatic nitrogens is 3. The number of nitrogens with zero attached hydrogens (tertiary/aromatic N) is 2. The van der Waals surface area contributed by atoms with Crippen molar-refractivity contribution in [3.05, 3.63) is 59.4 Å². The van der Waals surface area contributed by atoms with Crippen molar-refractivity contribution in [1.82, 2.24) is 15.0 Å². The van der Waals surface area contributed by atoms with Gasteiger partial charge in [0.1, 0.15) is 5.82 Å². The Morgan fingerprint density at radius 2 is 1.67 bits per heavy atom. The van der Waals surface area contributed by atoms with Crippen molar-refractivity contribution in [2.24, 2.45) is 0 Å². The number of para-hydroxylation sites is 3. The topological polar surface area (TPSA) is 41.6 Å². The van der Waals surface area contributed by atoms with Gasteiger partial charge in [0.15, 0.2) is 0 Å². The molecule has 2 heterocycles. The third kappa shape index (κ3) is 2.54. The fourth-order valence-electron chi connectivity index (χ4n) is 2.56. The van der Waals surface area contributed by atoms with Gasteiger partial charge in [-0.3, -0.25) is 0 Å². The van der Waals surface area contributed by atoms with Gasteiger partial charge < -0.3 is 4.98 Å². The normalized spacial score (nSPS) is 11.4. The molecule has 0 aliphatic heterocycles. The van der Waals surface area contributed by atoms with Crippen molar-refractivity contribution in [2.75, 3.05) is 0 Å². The molecule has 1 N–H and O–H groups in total. The summed E-state index contributed by atoms with van der Waals surface area (Å²) in [6.07, 6.45) is 3.04. The standard InChI is InChI=1S/C17H15N3S/c1-2-7-13-12(6-1)18-16(19-13)10-5-11-17-20-14-8-3-4-9-15(14)21-17/h1-4,6-9H,5,10-11H2,(H,18,19). The summed E-state index contributed by atoms with van der Waals surface area (Å²) in [6.45, 7) is 0. The molecule has 0 saturated heterocycles.